The second kappa shape index (κ2) is 12.3. The second-order valence-electron chi connectivity index (χ2n) is 10.2. The van der Waals surface area contributed by atoms with E-state index < -0.39 is 0 Å². The van der Waals surface area contributed by atoms with Gasteiger partial charge in [-0.3, -0.25) is 0 Å². The number of rotatable bonds is 9. The predicted molar refractivity (Wildman–Crippen MR) is 149 cm³/mol. The molecule has 1 aromatic carbocycles. The summed E-state index contributed by atoms with van der Waals surface area (Å²) in [4.78, 5) is 15.2. The number of piperidine rings is 1. The Kier molecular flexibility index (Phi) is 8.97. The van der Waals surface area contributed by atoms with E-state index in [0.29, 0.717) is 0 Å². The number of hydrogen-bond donors (Lipinski definition) is 2. The Balaban J connectivity index is 0.000000871. The number of likely N-dealkylation sites (tertiary alicyclic amines) is 1. The van der Waals surface area contributed by atoms with E-state index in [1.54, 1.807) is 0 Å². The minimum absolute atomic E-state index is 0. The number of aromatic nitrogens is 3. The maximum absolute atomic E-state index is 4.67. The number of benzene rings is 1. The number of H-pyrrole nitrogens is 1. The lowest BCUT2D eigenvalue weighted by molar-refractivity contribution is 0.184. The van der Waals surface area contributed by atoms with Gasteiger partial charge in [0.25, 0.3) is 0 Å². The molecule has 2 aromatic heterocycles. The molecule has 5 rings (SSSR count). The highest BCUT2D eigenvalue weighted by atomic mass is 15.1. The first-order chi connectivity index (χ1) is 16.7. The molecule has 2 fully saturated rings. The zero-order valence-electron chi connectivity index (χ0n) is 21.4. The van der Waals surface area contributed by atoms with Crippen molar-refractivity contribution in [3.8, 4) is 11.1 Å². The molecule has 2 N–H and O–H groups in total. The highest BCUT2D eigenvalue weighted by Crippen LogP contribution is 2.32. The molecule has 2 aliphatic rings. The molecular formula is C29H47N5. The number of hydrogen-bond acceptors (Lipinski definition) is 4. The van der Waals surface area contributed by atoms with Crippen LogP contribution in [-0.2, 0) is 6.42 Å². The van der Waals surface area contributed by atoms with Gasteiger partial charge in [-0.05, 0) is 74.7 Å². The lowest BCUT2D eigenvalue weighted by Crippen LogP contribution is -2.34. The minimum atomic E-state index is 0. The fourth-order valence-electron chi connectivity index (χ4n) is 4.91. The Hall–Kier alpha value is -2.40. The highest BCUT2D eigenvalue weighted by Gasteiger charge is 2.21. The van der Waals surface area contributed by atoms with Crippen molar-refractivity contribution in [2.45, 2.75) is 72.1 Å². The number of aromatic amines is 1. The molecule has 0 atom stereocenters. The number of fused-ring (bicyclic) bond motifs is 1. The molecule has 0 radical (unpaired) electrons. The smallest absolute Gasteiger partial charge is 0.224 e. The summed E-state index contributed by atoms with van der Waals surface area (Å²) in [7, 11) is 0. The molecule has 3 aromatic rings. The van der Waals surface area contributed by atoms with E-state index in [9.17, 15) is 0 Å². The summed E-state index contributed by atoms with van der Waals surface area (Å²) in [5.74, 6) is 2.47. The van der Waals surface area contributed by atoms with Gasteiger partial charge in [0.2, 0.25) is 5.95 Å². The molecule has 3 heterocycles. The highest BCUT2D eigenvalue weighted by molar-refractivity contribution is 5.93. The van der Waals surface area contributed by atoms with Gasteiger partial charge in [-0.1, -0.05) is 64.3 Å². The van der Waals surface area contributed by atoms with Crippen LogP contribution in [0.1, 0.15) is 74.1 Å². The van der Waals surface area contributed by atoms with Crippen molar-refractivity contribution < 1.29 is 2.85 Å². The molecule has 1 aliphatic carbocycles. The van der Waals surface area contributed by atoms with Gasteiger partial charge in [0.15, 0.2) is 0 Å². The van der Waals surface area contributed by atoms with Crippen molar-refractivity contribution in [3.05, 3.63) is 42.2 Å². The third-order valence-electron chi connectivity index (χ3n) is 7.00. The van der Waals surface area contributed by atoms with Crippen molar-refractivity contribution in [1.82, 2.24) is 19.9 Å². The molecule has 5 nitrogen and oxygen atoms in total. The first kappa shape index (κ1) is 24.7. The van der Waals surface area contributed by atoms with E-state index >= 15 is 0 Å². The van der Waals surface area contributed by atoms with Gasteiger partial charge in [0.05, 0.1) is 0 Å². The van der Waals surface area contributed by atoms with Crippen LogP contribution in [0.25, 0.3) is 22.2 Å². The van der Waals surface area contributed by atoms with Gasteiger partial charge in [-0.25, -0.2) is 4.98 Å². The zero-order chi connectivity index (χ0) is 23.8. The van der Waals surface area contributed by atoms with E-state index in [1.165, 1.54) is 87.7 Å². The van der Waals surface area contributed by atoms with Gasteiger partial charge in [0.1, 0.15) is 5.65 Å². The van der Waals surface area contributed by atoms with Crippen LogP contribution in [0.5, 0.6) is 0 Å². The Bertz CT molecular complexity index is 1010. The Morgan fingerprint density at radius 1 is 1.03 bits per heavy atom. The third-order valence-corrected chi connectivity index (χ3v) is 7.00. The summed E-state index contributed by atoms with van der Waals surface area (Å²) >= 11 is 0. The van der Waals surface area contributed by atoms with Gasteiger partial charge < -0.3 is 15.2 Å². The first-order valence-electron chi connectivity index (χ1n) is 13.6. The maximum Gasteiger partial charge on any atom is 0.224 e. The molecule has 1 aliphatic heterocycles. The molecule has 0 bridgehead atoms. The molecule has 1 saturated carbocycles. The van der Waals surface area contributed by atoms with E-state index in [0.717, 1.165) is 35.4 Å². The average molecular weight is 466 g/mol. The largest absolute Gasteiger partial charge is 0.354 e. The first-order valence-corrected chi connectivity index (χ1v) is 13.6. The van der Waals surface area contributed by atoms with Gasteiger partial charge in [0, 0.05) is 32.7 Å². The normalized spacial score (nSPS) is 16.9. The van der Waals surface area contributed by atoms with E-state index in [1.807, 2.05) is 6.20 Å². The fraction of sp³-hybridized carbons (Fsp3) is 0.586. The van der Waals surface area contributed by atoms with Crippen LogP contribution in [-0.4, -0.2) is 46.0 Å². The molecule has 0 unspecified atom stereocenters. The van der Waals surface area contributed by atoms with Crippen LogP contribution in [0.2, 0.25) is 0 Å². The monoisotopic (exact) mass is 465 g/mol. The number of nitrogens with one attached hydrogen (secondary N) is 2. The number of nitrogens with zero attached hydrogens (tertiary/aromatic N) is 3. The van der Waals surface area contributed by atoms with Gasteiger partial charge in [-0.2, -0.15) is 4.98 Å². The van der Waals surface area contributed by atoms with E-state index in [4.69, 9.17) is 0 Å². The molecule has 188 valence electrons. The lowest BCUT2D eigenvalue weighted by atomic mass is 9.89. The fourth-order valence-corrected chi connectivity index (χ4v) is 4.91. The standard InChI is InChI=1S/C26H35N5.C3H8.2H2/c1-2-13-31-14-10-21(11-15-31)16-20-5-7-22(8-6-20)23-17-28-25-24(23)18-29-26(30-25)27-12-9-19-3-4-19;1-3-2;;/h5-8,17-19,21H,2-4,9-16H2,1H3,(H2,27,28,29,30);3H2,1-2H3;2*1H. The quantitative estimate of drug-likeness (QED) is 0.345. The van der Waals surface area contributed by atoms with Crippen molar-refractivity contribution in [1.29, 1.82) is 0 Å². The summed E-state index contributed by atoms with van der Waals surface area (Å²) in [6.07, 6.45) is 14.4. The minimum Gasteiger partial charge on any atom is -0.354 e. The van der Waals surface area contributed by atoms with Gasteiger partial charge in [-0.15, -0.1) is 0 Å². The van der Waals surface area contributed by atoms with Crippen molar-refractivity contribution in [2.75, 3.05) is 31.5 Å². The van der Waals surface area contributed by atoms with E-state index in [-0.39, 0.29) is 2.85 Å². The van der Waals surface area contributed by atoms with Crippen LogP contribution in [0.15, 0.2) is 36.7 Å². The van der Waals surface area contributed by atoms with Gasteiger partial charge >= 0.3 is 0 Å². The van der Waals surface area contributed by atoms with Crippen LogP contribution >= 0.6 is 0 Å². The summed E-state index contributed by atoms with van der Waals surface area (Å²) in [6.45, 7) is 11.3. The van der Waals surface area contributed by atoms with Crippen LogP contribution in [0.3, 0.4) is 0 Å². The number of anilines is 1. The summed E-state index contributed by atoms with van der Waals surface area (Å²) < 4.78 is 0. The van der Waals surface area contributed by atoms with E-state index in [2.05, 4.69) is 76.4 Å². The average Bonchev–Trinajstić information content (AvgIpc) is 3.58. The molecule has 34 heavy (non-hydrogen) atoms. The molecular weight excluding hydrogens is 418 g/mol. The Morgan fingerprint density at radius 2 is 1.76 bits per heavy atom. The summed E-state index contributed by atoms with van der Waals surface area (Å²) in [5, 5.41) is 4.45. The van der Waals surface area contributed by atoms with Crippen LogP contribution in [0, 0.1) is 11.8 Å². The molecule has 0 amide bonds. The maximum atomic E-state index is 4.67. The Labute approximate surface area is 208 Å². The predicted octanol–water partition coefficient (Wildman–Crippen LogP) is 7.41. The van der Waals surface area contributed by atoms with Crippen LogP contribution in [0.4, 0.5) is 5.95 Å². The topological polar surface area (TPSA) is 56.8 Å². The zero-order valence-corrected chi connectivity index (χ0v) is 21.4. The summed E-state index contributed by atoms with van der Waals surface area (Å²) in [6, 6.07) is 9.13. The Morgan fingerprint density at radius 3 is 2.44 bits per heavy atom. The summed E-state index contributed by atoms with van der Waals surface area (Å²) in [5.41, 5.74) is 4.77. The molecule has 0 spiro atoms. The lowest BCUT2D eigenvalue weighted by Gasteiger charge is -2.31. The third kappa shape index (κ3) is 6.82. The van der Waals surface area contributed by atoms with Crippen molar-refractivity contribution in [2.24, 2.45) is 11.8 Å². The second-order valence-corrected chi connectivity index (χ2v) is 10.2. The molecule has 1 saturated heterocycles. The van der Waals surface area contributed by atoms with Crippen molar-refractivity contribution in [3.63, 3.8) is 0 Å². The molecule has 5 heteroatoms. The SMILES string of the molecule is CCC.CCCN1CCC(Cc2ccc(-c3c[nH]c4nc(NCCC5CC5)ncc34)cc2)CC1.[HH].[HH]. The van der Waals surface area contributed by atoms with Crippen LogP contribution < -0.4 is 5.32 Å². The van der Waals surface area contributed by atoms with Crippen molar-refractivity contribution >= 4 is 17.0 Å².